The van der Waals surface area contributed by atoms with Crippen molar-refractivity contribution in [1.82, 2.24) is 0 Å². The molecule has 0 aromatic carbocycles. The second-order valence-corrected chi connectivity index (χ2v) is 3.05. The highest BCUT2D eigenvalue weighted by molar-refractivity contribution is 4.81. The summed E-state index contributed by atoms with van der Waals surface area (Å²) in [5, 5.41) is 53.5. The maximum Gasteiger partial charge on any atom is 0.114 e. The number of aliphatic hydroxyl groups is 6. The Hall–Kier alpha value is -0.280. The topological polar surface area (TPSA) is 131 Å². The van der Waals surface area contributed by atoms with Gasteiger partial charge in [0.05, 0.1) is 26.4 Å². The molecule has 0 aliphatic heterocycles. The van der Waals surface area contributed by atoms with Gasteiger partial charge in [-0.1, -0.05) is 0 Å². The third-order valence-electron chi connectivity index (χ3n) is 1.89. The predicted molar refractivity (Wildman–Crippen MR) is 49.0 cm³/mol. The summed E-state index contributed by atoms with van der Waals surface area (Å²) < 4.78 is 4.85. The van der Waals surface area contributed by atoms with Gasteiger partial charge in [-0.25, -0.2) is 0 Å². The van der Waals surface area contributed by atoms with E-state index < -0.39 is 37.6 Å². The Morgan fingerprint density at radius 2 is 1.40 bits per heavy atom. The third kappa shape index (κ3) is 4.85. The van der Waals surface area contributed by atoms with E-state index >= 15 is 0 Å². The van der Waals surface area contributed by atoms with Crippen LogP contribution in [0.2, 0.25) is 0 Å². The molecule has 4 atom stereocenters. The number of aliphatic hydroxyl groups excluding tert-OH is 6. The second kappa shape index (κ2) is 7.94. The van der Waals surface area contributed by atoms with Crippen molar-refractivity contribution in [3.63, 3.8) is 0 Å². The Balaban J connectivity index is 4.32. The number of ether oxygens (including phenoxy) is 1. The summed E-state index contributed by atoms with van der Waals surface area (Å²) in [6.45, 7) is -1.84. The van der Waals surface area contributed by atoms with Crippen molar-refractivity contribution in [1.29, 1.82) is 0 Å². The van der Waals surface area contributed by atoms with E-state index in [1.165, 1.54) is 0 Å². The van der Waals surface area contributed by atoms with Crippen molar-refractivity contribution in [2.24, 2.45) is 0 Å². The van der Waals surface area contributed by atoms with Gasteiger partial charge in [-0.3, -0.25) is 0 Å². The molecule has 0 saturated heterocycles. The normalized spacial score (nSPS) is 19.6. The number of hydrogen-bond donors (Lipinski definition) is 6. The zero-order valence-corrected chi connectivity index (χ0v) is 8.23. The standard InChI is InChI=1S/C8H18O7/c9-1-2-15-8(6(13)4-11)7(14)5(12)3-10/h5-14H,1-4H2/t5-,6+,7-,8-/m1/s1. The Bertz CT molecular complexity index is 154. The summed E-state index contributed by atoms with van der Waals surface area (Å²) in [4.78, 5) is 0. The Kier molecular flexibility index (Phi) is 7.79. The molecule has 7 nitrogen and oxygen atoms in total. The molecule has 0 aliphatic carbocycles. The molecule has 92 valence electrons. The van der Waals surface area contributed by atoms with Crippen LogP contribution >= 0.6 is 0 Å². The van der Waals surface area contributed by atoms with E-state index in [2.05, 4.69) is 0 Å². The molecule has 0 heterocycles. The van der Waals surface area contributed by atoms with Gasteiger partial charge in [0.2, 0.25) is 0 Å². The highest BCUT2D eigenvalue weighted by atomic mass is 16.5. The van der Waals surface area contributed by atoms with Crippen molar-refractivity contribution < 1.29 is 35.4 Å². The average Bonchev–Trinajstić information content (AvgIpc) is 2.27. The fourth-order valence-corrected chi connectivity index (χ4v) is 1.06. The molecule has 7 heteroatoms. The molecule has 0 aromatic rings. The van der Waals surface area contributed by atoms with E-state index in [1.54, 1.807) is 0 Å². The van der Waals surface area contributed by atoms with E-state index in [1.807, 2.05) is 0 Å². The van der Waals surface area contributed by atoms with Crippen LogP contribution in [0, 0.1) is 0 Å². The first-order valence-electron chi connectivity index (χ1n) is 4.56. The Morgan fingerprint density at radius 1 is 0.867 bits per heavy atom. The van der Waals surface area contributed by atoms with Crippen LogP contribution in [0.15, 0.2) is 0 Å². The highest BCUT2D eigenvalue weighted by Crippen LogP contribution is 2.09. The van der Waals surface area contributed by atoms with Crippen molar-refractivity contribution in [2.75, 3.05) is 26.4 Å². The Morgan fingerprint density at radius 3 is 1.80 bits per heavy atom. The predicted octanol–water partition coefficient (Wildman–Crippen LogP) is -3.57. The first-order chi connectivity index (χ1) is 7.08. The van der Waals surface area contributed by atoms with Gasteiger partial charge in [0.15, 0.2) is 0 Å². The SMILES string of the molecule is OCCO[C@@H]([C@H](O)[C@H](O)CO)[C@@H](O)CO. The molecular formula is C8H18O7. The minimum Gasteiger partial charge on any atom is -0.394 e. The number of rotatable bonds is 8. The lowest BCUT2D eigenvalue weighted by Crippen LogP contribution is -2.49. The minimum atomic E-state index is -1.54. The van der Waals surface area contributed by atoms with Gasteiger partial charge in [0.25, 0.3) is 0 Å². The maximum absolute atomic E-state index is 9.42. The zero-order chi connectivity index (χ0) is 11.8. The van der Waals surface area contributed by atoms with Crippen LogP contribution in [0.4, 0.5) is 0 Å². The molecule has 0 unspecified atom stereocenters. The van der Waals surface area contributed by atoms with Gasteiger partial charge in [-0.15, -0.1) is 0 Å². The molecule has 6 N–H and O–H groups in total. The van der Waals surface area contributed by atoms with Crippen LogP contribution in [-0.2, 0) is 4.74 Å². The summed E-state index contributed by atoms with van der Waals surface area (Å²) >= 11 is 0. The van der Waals surface area contributed by atoms with Gasteiger partial charge < -0.3 is 35.4 Å². The monoisotopic (exact) mass is 226 g/mol. The lowest BCUT2D eigenvalue weighted by atomic mass is 10.0. The summed E-state index contributed by atoms with van der Waals surface area (Å²) in [6.07, 6.45) is -5.67. The molecule has 0 aliphatic rings. The molecule has 0 rings (SSSR count). The summed E-state index contributed by atoms with van der Waals surface area (Å²) in [6, 6.07) is 0. The summed E-state index contributed by atoms with van der Waals surface area (Å²) in [5.41, 5.74) is 0. The highest BCUT2D eigenvalue weighted by Gasteiger charge is 2.32. The average molecular weight is 226 g/mol. The molecule has 15 heavy (non-hydrogen) atoms. The quantitative estimate of drug-likeness (QED) is 0.252. The van der Waals surface area contributed by atoms with E-state index in [9.17, 15) is 10.2 Å². The molecule has 0 radical (unpaired) electrons. The molecule has 0 amide bonds. The Labute approximate surface area is 87.2 Å². The van der Waals surface area contributed by atoms with Gasteiger partial charge in [-0.05, 0) is 0 Å². The first-order valence-corrected chi connectivity index (χ1v) is 4.56. The molecular weight excluding hydrogens is 208 g/mol. The molecule has 0 bridgehead atoms. The largest absolute Gasteiger partial charge is 0.394 e. The molecule has 0 saturated carbocycles. The van der Waals surface area contributed by atoms with Crippen molar-refractivity contribution in [3.05, 3.63) is 0 Å². The fourth-order valence-electron chi connectivity index (χ4n) is 1.06. The van der Waals surface area contributed by atoms with Crippen LogP contribution in [0.25, 0.3) is 0 Å². The lowest BCUT2D eigenvalue weighted by Gasteiger charge is -2.28. The van der Waals surface area contributed by atoms with E-state index in [0.717, 1.165) is 0 Å². The third-order valence-corrected chi connectivity index (χ3v) is 1.89. The van der Waals surface area contributed by atoms with E-state index in [4.69, 9.17) is 25.2 Å². The van der Waals surface area contributed by atoms with E-state index in [0.29, 0.717) is 0 Å². The van der Waals surface area contributed by atoms with Gasteiger partial charge in [-0.2, -0.15) is 0 Å². The van der Waals surface area contributed by atoms with Crippen LogP contribution in [-0.4, -0.2) is 81.5 Å². The van der Waals surface area contributed by atoms with Crippen LogP contribution in [0.3, 0.4) is 0 Å². The zero-order valence-electron chi connectivity index (χ0n) is 8.23. The second-order valence-electron chi connectivity index (χ2n) is 3.05. The van der Waals surface area contributed by atoms with Crippen molar-refractivity contribution in [3.8, 4) is 0 Å². The van der Waals surface area contributed by atoms with Crippen molar-refractivity contribution in [2.45, 2.75) is 24.4 Å². The smallest absolute Gasteiger partial charge is 0.114 e. The first kappa shape index (κ1) is 14.7. The minimum absolute atomic E-state index is 0.156. The summed E-state index contributed by atoms with van der Waals surface area (Å²) in [5.74, 6) is 0. The lowest BCUT2D eigenvalue weighted by molar-refractivity contribution is -0.151. The van der Waals surface area contributed by atoms with Crippen LogP contribution < -0.4 is 0 Å². The number of hydrogen-bond acceptors (Lipinski definition) is 7. The molecule has 0 fully saturated rings. The van der Waals surface area contributed by atoms with Crippen LogP contribution in [0.1, 0.15) is 0 Å². The molecule has 0 spiro atoms. The van der Waals surface area contributed by atoms with Crippen molar-refractivity contribution >= 4 is 0 Å². The van der Waals surface area contributed by atoms with Gasteiger partial charge >= 0.3 is 0 Å². The van der Waals surface area contributed by atoms with Gasteiger partial charge in [0.1, 0.15) is 24.4 Å². The van der Waals surface area contributed by atoms with Gasteiger partial charge in [0, 0.05) is 0 Å². The summed E-state index contributed by atoms with van der Waals surface area (Å²) in [7, 11) is 0. The van der Waals surface area contributed by atoms with E-state index in [-0.39, 0.29) is 13.2 Å². The maximum atomic E-state index is 9.42. The molecule has 0 aromatic heterocycles. The fraction of sp³-hybridized carbons (Fsp3) is 1.00. The van der Waals surface area contributed by atoms with Crippen LogP contribution in [0.5, 0.6) is 0 Å².